The predicted molar refractivity (Wildman–Crippen MR) is 102 cm³/mol. The molecule has 25 heavy (non-hydrogen) atoms. The molecule has 132 valence electrons. The summed E-state index contributed by atoms with van der Waals surface area (Å²) in [6, 6.07) is 10.3. The van der Waals surface area contributed by atoms with Crippen LogP contribution in [0.5, 0.6) is 0 Å². The smallest absolute Gasteiger partial charge is 0.241 e. The molecule has 4 rings (SSSR count). The molecule has 0 amide bonds. The van der Waals surface area contributed by atoms with Crippen LogP contribution in [-0.2, 0) is 6.54 Å². The fourth-order valence-electron chi connectivity index (χ4n) is 2.98. The number of hydrogen-bond donors (Lipinski definition) is 1. The summed E-state index contributed by atoms with van der Waals surface area (Å²) in [5.74, 6) is 1.30. The van der Waals surface area contributed by atoms with E-state index < -0.39 is 0 Å². The fraction of sp³-hybridized carbons (Fsp3) is 0.294. The van der Waals surface area contributed by atoms with E-state index in [-0.39, 0.29) is 18.4 Å². The molecule has 1 N–H and O–H groups in total. The molecule has 2 aromatic heterocycles. The maximum Gasteiger partial charge on any atom is 0.241 e. The third-order valence-corrected chi connectivity index (χ3v) is 5.09. The van der Waals surface area contributed by atoms with Crippen molar-refractivity contribution in [3.8, 4) is 11.4 Å². The minimum absolute atomic E-state index is 0. The van der Waals surface area contributed by atoms with Gasteiger partial charge in [-0.2, -0.15) is 16.3 Å². The monoisotopic (exact) mass is 396 g/mol. The highest BCUT2D eigenvalue weighted by Crippen LogP contribution is 2.26. The van der Waals surface area contributed by atoms with Crippen molar-refractivity contribution in [2.75, 3.05) is 19.6 Å². The topological polar surface area (TPSA) is 54.2 Å². The molecule has 0 aliphatic carbocycles. The van der Waals surface area contributed by atoms with Crippen LogP contribution in [0.3, 0.4) is 0 Å². The van der Waals surface area contributed by atoms with Gasteiger partial charge in [-0.1, -0.05) is 28.9 Å². The SMILES string of the molecule is Cl.Clc1cccc(C2CNCCN2Cc2nc(-c3ccsc3)no2)c1. The number of halogens is 2. The lowest BCUT2D eigenvalue weighted by molar-refractivity contribution is 0.135. The van der Waals surface area contributed by atoms with Crippen LogP contribution in [0.25, 0.3) is 11.4 Å². The molecule has 0 radical (unpaired) electrons. The zero-order chi connectivity index (χ0) is 16.4. The van der Waals surface area contributed by atoms with Gasteiger partial charge in [-0.05, 0) is 29.1 Å². The van der Waals surface area contributed by atoms with E-state index in [0.717, 1.165) is 30.2 Å². The second-order valence-corrected chi connectivity index (χ2v) is 6.99. The number of piperazine rings is 1. The Kier molecular flexibility index (Phi) is 6.09. The average molecular weight is 397 g/mol. The number of nitrogens with zero attached hydrogens (tertiary/aromatic N) is 3. The molecule has 1 atom stereocenters. The highest BCUT2D eigenvalue weighted by molar-refractivity contribution is 7.08. The molecule has 1 aliphatic rings. The molecule has 5 nitrogen and oxygen atoms in total. The van der Waals surface area contributed by atoms with Crippen molar-refractivity contribution < 1.29 is 4.52 Å². The van der Waals surface area contributed by atoms with Crippen molar-refractivity contribution >= 4 is 35.3 Å². The van der Waals surface area contributed by atoms with Crippen molar-refractivity contribution in [3.05, 3.63) is 57.6 Å². The Labute approximate surface area is 161 Å². The molecule has 1 aliphatic heterocycles. The maximum atomic E-state index is 6.15. The Bertz CT molecular complexity index is 809. The van der Waals surface area contributed by atoms with E-state index in [1.54, 1.807) is 11.3 Å². The maximum absolute atomic E-state index is 6.15. The normalized spacial score (nSPS) is 18.0. The molecule has 1 aromatic carbocycles. The van der Waals surface area contributed by atoms with Crippen LogP contribution < -0.4 is 5.32 Å². The van der Waals surface area contributed by atoms with Crippen LogP contribution in [-0.4, -0.2) is 34.7 Å². The van der Waals surface area contributed by atoms with Crippen molar-refractivity contribution in [2.45, 2.75) is 12.6 Å². The van der Waals surface area contributed by atoms with Gasteiger partial charge in [0.2, 0.25) is 11.7 Å². The van der Waals surface area contributed by atoms with Crippen molar-refractivity contribution in [2.24, 2.45) is 0 Å². The average Bonchev–Trinajstić information content (AvgIpc) is 3.26. The number of thiophene rings is 1. The Morgan fingerprint density at radius 2 is 2.28 bits per heavy atom. The van der Waals surface area contributed by atoms with Gasteiger partial charge in [0.05, 0.1) is 6.54 Å². The molecule has 0 spiro atoms. The summed E-state index contributed by atoms with van der Waals surface area (Å²) in [5, 5.41) is 12.3. The highest BCUT2D eigenvalue weighted by Gasteiger charge is 2.25. The number of rotatable bonds is 4. The summed E-state index contributed by atoms with van der Waals surface area (Å²) in [4.78, 5) is 6.89. The summed E-state index contributed by atoms with van der Waals surface area (Å²) in [6.45, 7) is 3.39. The quantitative estimate of drug-likeness (QED) is 0.721. The Morgan fingerprint density at radius 3 is 3.08 bits per heavy atom. The molecule has 8 heteroatoms. The molecular formula is C17H18Cl2N4OS. The number of nitrogens with one attached hydrogen (secondary N) is 1. The van der Waals surface area contributed by atoms with Crippen molar-refractivity contribution in [1.29, 1.82) is 0 Å². The van der Waals surface area contributed by atoms with Gasteiger partial charge in [0.15, 0.2) is 0 Å². The molecule has 1 saturated heterocycles. The standard InChI is InChI=1S/C17H17ClN4OS.ClH/c18-14-3-1-2-12(8-14)15-9-19-5-6-22(15)10-16-20-17(21-23-16)13-4-7-24-11-13;/h1-4,7-8,11,15,19H,5-6,9-10H2;1H. The van der Waals surface area contributed by atoms with Gasteiger partial charge >= 0.3 is 0 Å². The summed E-state index contributed by atoms with van der Waals surface area (Å²) in [6.07, 6.45) is 0. The number of benzene rings is 1. The second-order valence-electron chi connectivity index (χ2n) is 5.77. The molecule has 3 aromatic rings. The van der Waals surface area contributed by atoms with Crippen LogP contribution in [0.15, 0.2) is 45.6 Å². The van der Waals surface area contributed by atoms with Gasteiger partial charge in [-0.25, -0.2) is 0 Å². The lowest BCUT2D eigenvalue weighted by Gasteiger charge is -2.35. The van der Waals surface area contributed by atoms with E-state index >= 15 is 0 Å². The van der Waals surface area contributed by atoms with Crippen LogP contribution >= 0.6 is 35.3 Å². The third kappa shape index (κ3) is 4.22. The highest BCUT2D eigenvalue weighted by atomic mass is 35.5. The minimum Gasteiger partial charge on any atom is -0.338 e. The van der Waals surface area contributed by atoms with Gasteiger partial charge in [-0.15, -0.1) is 12.4 Å². The second kappa shape index (κ2) is 8.29. The summed E-state index contributed by atoms with van der Waals surface area (Å²) >= 11 is 7.78. The third-order valence-electron chi connectivity index (χ3n) is 4.17. The summed E-state index contributed by atoms with van der Waals surface area (Å²) in [5.41, 5.74) is 2.20. The zero-order valence-electron chi connectivity index (χ0n) is 13.4. The lowest BCUT2D eigenvalue weighted by Crippen LogP contribution is -2.45. The molecule has 1 fully saturated rings. The first kappa shape index (κ1) is 18.4. The van der Waals surface area contributed by atoms with E-state index in [2.05, 4.69) is 26.4 Å². The van der Waals surface area contributed by atoms with Gasteiger partial charge in [-0.3, -0.25) is 4.90 Å². The Hall–Kier alpha value is -1.44. The van der Waals surface area contributed by atoms with E-state index in [9.17, 15) is 0 Å². The van der Waals surface area contributed by atoms with Crippen molar-refractivity contribution in [1.82, 2.24) is 20.4 Å². The van der Waals surface area contributed by atoms with E-state index in [4.69, 9.17) is 16.1 Å². The summed E-state index contributed by atoms with van der Waals surface area (Å²) < 4.78 is 5.45. The zero-order valence-corrected chi connectivity index (χ0v) is 15.8. The van der Waals surface area contributed by atoms with Gasteiger partial charge < -0.3 is 9.84 Å². The molecule has 0 saturated carbocycles. The minimum atomic E-state index is 0. The van der Waals surface area contributed by atoms with Crippen LogP contribution in [0.2, 0.25) is 5.02 Å². The first-order valence-corrected chi connectivity index (χ1v) is 9.17. The van der Waals surface area contributed by atoms with Crippen LogP contribution in [0.1, 0.15) is 17.5 Å². The first-order valence-electron chi connectivity index (χ1n) is 7.85. The van der Waals surface area contributed by atoms with Crippen LogP contribution in [0.4, 0.5) is 0 Å². The van der Waals surface area contributed by atoms with Gasteiger partial charge in [0.1, 0.15) is 0 Å². The predicted octanol–water partition coefficient (Wildman–Crippen LogP) is 4.02. The lowest BCUT2D eigenvalue weighted by atomic mass is 10.0. The largest absolute Gasteiger partial charge is 0.338 e. The van der Waals surface area contributed by atoms with Crippen molar-refractivity contribution in [3.63, 3.8) is 0 Å². The van der Waals surface area contributed by atoms with Gasteiger partial charge in [0.25, 0.3) is 0 Å². The number of aromatic nitrogens is 2. The van der Waals surface area contributed by atoms with Crippen LogP contribution in [0, 0.1) is 0 Å². The molecule has 1 unspecified atom stereocenters. The van der Waals surface area contributed by atoms with E-state index in [0.29, 0.717) is 18.3 Å². The molecular weight excluding hydrogens is 379 g/mol. The fourth-order valence-corrected chi connectivity index (χ4v) is 3.81. The molecule has 0 bridgehead atoms. The Morgan fingerprint density at radius 1 is 1.36 bits per heavy atom. The molecule has 3 heterocycles. The summed E-state index contributed by atoms with van der Waals surface area (Å²) in [7, 11) is 0. The Balaban J connectivity index is 0.00000182. The van der Waals surface area contributed by atoms with E-state index in [1.807, 2.05) is 35.0 Å². The van der Waals surface area contributed by atoms with E-state index in [1.165, 1.54) is 5.56 Å². The first-order chi connectivity index (χ1) is 11.8. The number of hydrogen-bond acceptors (Lipinski definition) is 6. The van der Waals surface area contributed by atoms with Gasteiger partial charge in [0, 0.05) is 41.6 Å².